The zero-order valence-electron chi connectivity index (χ0n) is 54.6. The van der Waals surface area contributed by atoms with Crippen LogP contribution < -0.4 is 5.32 Å². The van der Waals surface area contributed by atoms with E-state index in [1.807, 2.05) is 6.08 Å². The second kappa shape index (κ2) is 56.7. The summed E-state index contributed by atoms with van der Waals surface area (Å²) in [5.74, 6) is -0.238. The van der Waals surface area contributed by atoms with Gasteiger partial charge in [0.15, 0.2) is 12.6 Å². The highest BCUT2D eigenvalue weighted by Gasteiger charge is 2.51. The van der Waals surface area contributed by atoms with E-state index in [0.29, 0.717) is 6.42 Å². The monoisotopic (exact) mass is 1220 g/mol. The Kier molecular flexibility index (Phi) is 52.6. The largest absolute Gasteiger partial charge is 0.394 e. The van der Waals surface area contributed by atoms with Gasteiger partial charge in [-0.25, -0.2) is 0 Å². The Labute approximate surface area is 524 Å². The van der Waals surface area contributed by atoms with E-state index in [1.165, 1.54) is 205 Å². The van der Waals surface area contributed by atoms with E-state index in [2.05, 4.69) is 67.8 Å². The van der Waals surface area contributed by atoms with Gasteiger partial charge in [-0.2, -0.15) is 0 Å². The van der Waals surface area contributed by atoms with Crippen LogP contribution in [-0.4, -0.2) is 140 Å². The third-order valence-corrected chi connectivity index (χ3v) is 17.2. The highest BCUT2D eigenvalue weighted by atomic mass is 16.7. The fraction of sp³-hybridized carbons (Fsp3) is 0.847. The molecule has 0 saturated carbocycles. The molecule has 2 saturated heterocycles. The molecule has 0 aliphatic carbocycles. The molecule has 14 heteroatoms. The summed E-state index contributed by atoms with van der Waals surface area (Å²) < 4.78 is 22.9. The fourth-order valence-electron chi connectivity index (χ4n) is 11.6. The maximum absolute atomic E-state index is 13.3. The van der Waals surface area contributed by atoms with E-state index in [9.17, 15) is 45.6 Å². The van der Waals surface area contributed by atoms with Gasteiger partial charge in [-0.05, 0) is 57.8 Å². The molecule has 9 N–H and O–H groups in total. The summed E-state index contributed by atoms with van der Waals surface area (Å²) in [5.41, 5.74) is 0. The van der Waals surface area contributed by atoms with Crippen LogP contribution in [-0.2, 0) is 23.7 Å². The summed E-state index contributed by atoms with van der Waals surface area (Å²) in [4.78, 5) is 13.3. The Morgan fingerprint density at radius 3 is 1.23 bits per heavy atom. The van der Waals surface area contributed by atoms with Crippen molar-refractivity contribution >= 4 is 5.91 Å². The number of hydrogen-bond donors (Lipinski definition) is 9. The molecule has 0 aromatic heterocycles. The van der Waals surface area contributed by atoms with Gasteiger partial charge in [-0.1, -0.05) is 293 Å². The zero-order chi connectivity index (χ0) is 62.3. The number of rotatable bonds is 58. The lowest BCUT2D eigenvalue weighted by atomic mass is 9.97. The molecule has 2 rings (SSSR count). The van der Waals surface area contributed by atoms with E-state index in [4.69, 9.17) is 18.9 Å². The molecule has 14 nitrogen and oxygen atoms in total. The van der Waals surface area contributed by atoms with E-state index in [-0.39, 0.29) is 18.9 Å². The molecule has 1 amide bonds. The molecule has 2 heterocycles. The van der Waals surface area contributed by atoms with Crippen LogP contribution in [0.4, 0.5) is 0 Å². The first kappa shape index (κ1) is 79.8. The van der Waals surface area contributed by atoms with Crippen molar-refractivity contribution in [2.75, 3.05) is 19.8 Å². The van der Waals surface area contributed by atoms with Crippen molar-refractivity contribution < 1.29 is 64.6 Å². The summed E-state index contributed by atoms with van der Waals surface area (Å²) in [6, 6.07) is -0.918. The van der Waals surface area contributed by atoms with Crippen LogP contribution in [0.5, 0.6) is 0 Å². The summed E-state index contributed by atoms with van der Waals surface area (Å²) in [6.07, 6.45) is 58.4. The number of amides is 1. The number of allylic oxidation sites excluding steroid dienone is 9. The maximum Gasteiger partial charge on any atom is 0.220 e. The van der Waals surface area contributed by atoms with Gasteiger partial charge in [-0.3, -0.25) is 4.79 Å². The molecule has 0 aromatic carbocycles. The molecular weight excluding hydrogens is 1090 g/mol. The maximum atomic E-state index is 13.3. The highest BCUT2D eigenvalue weighted by molar-refractivity contribution is 5.76. The van der Waals surface area contributed by atoms with Crippen LogP contribution >= 0.6 is 0 Å². The smallest absolute Gasteiger partial charge is 0.220 e. The third-order valence-electron chi connectivity index (χ3n) is 17.2. The van der Waals surface area contributed by atoms with E-state index >= 15 is 0 Å². The molecule has 2 aliphatic heterocycles. The van der Waals surface area contributed by atoms with E-state index in [1.54, 1.807) is 6.08 Å². The quantitative estimate of drug-likeness (QED) is 0.0204. The lowest BCUT2D eigenvalue weighted by Gasteiger charge is -2.46. The number of ether oxygens (including phenoxy) is 4. The summed E-state index contributed by atoms with van der Waals surface area (Å²) in [6.45, 7) is 2.73. The van der Waals surface area contributed by atoms with Crippen LogP contribution in [0.25, 0.3) is 0 Å². The molecule has 86 heavy (non-hydrogen) atoms. The standard InChI is InChI=1S/C72H131NO13/c1-3-5-7-9-11-13-15-17-19-21-23-25-27-29-30-32-34-36-38-40-42-44-46-48-50-52-54-56-64(77)73-60(59-83-71-69(82)67(80)70(63(58-75)85-71)86-72-68(81)66(79)65(78)62(57-74)84-72)61(76)55-53-51-49-47-45-43-41-39-37-35-33-31-28-26-24-22-20-18-16-14-12-10-8-6-4-2/h5,7,11,13,17,19,23,25,53,55,60-63,65-72,74-76,78-82H,3-4,6,8-10,12,14-16,18,20-22,24,26-52,54,56-59H2,1-2H3,(H,73,77)/b7-5-,13-11-,19-17-,25-23-,55-53+. The van der Waals surface area contributed by atoms with Crippen molar-refractivity contribution in [1.29, 1.82) is 0 Å². The van der Waals surface area contributed by atoms with Crippen molar-refractivity contribution in [3.05, 3.63) is 60.8 Å². The summed E-state index contributed by atoms with van der Waals surface area (Å²) in [7, 11) is 0. The number of aliphatic hydroxyl groups excluding tert-OH is 8. The first-order valence-corrected chi connectivity index (χ1v) is 35.5. The van der Waals surface area contributed by atoms with Gasteiger partial charge in [0.1, 0.15) is 48.8 Å². The topological polar surface area (TPSA) is 228 Å². The Hall–Kier alpha value is -2.31. The van der Waals surface area contributed by atoms with Crippen molar-refractivity contribution in [2.24, 2.45) is 0 Å². The van der Waals surface area contributed by atoms with Crippen LogP contribution in [0, 0.1) is 0 Å². The number of hydrogen-bond acceptors (Lipinski definition) is 13. The summed E-state index contributed by atoms with van der Waals surface area (Å²) in [5, 5.41) is 87.5. The van der Waals surface area contributed by atoms with Crippen LogP contribution in [0.3, 0.4) is 0 Å². The number of unbranched alkanes of at least 4 members (excludes halogenated alkanes) is 37. The average Bonchev–Trinajstić information content (AvgIpc) is 2.53. The number of nitrogens with one attached hydrogen (secondary N) is 1. The number of carbonyl (C=O) groups excluding carboxylic acids is 1. The van der Waals surface area contributed by atoms with Crippen molar-refractivity contribution in [3.8, 4) is 0 Å². The van der Waals surface area contributed by atoms with Crippen LogP contribution in [0.15, 0.2) is 60.8 Å². The molecule has 2 aliphatic rings. The van der Waals surface area contributed by atoms with Gasteiger partial charge in [-0.15, -0.1) is 0 Å². The van der Waals surface area contributed by atoms with Crippen LogP contribution in [0.1, 0.15) is 296 Å². The van der Waals surface area contributed by atoms with E-state index in [0.717, 1.165) is 64.2 Å². The predicted molar refractivity (Wildman–Crippen MR) is 350 cm³/mol. The Morgan fingerprint density at radius 2 is 0.802 bits per heavy atom. The van der Waals surface area contributed by atoms with Crippen LogP contribution in [0.2, 0.25) is 0 Å². The van der Waals surface area contributed by atoms with Gasteiger partial charge in [0.25, 0.3) is 0 Å². The highest BCUT2D eigenvalue weighted by Crippen LogP contribution is 2.30. The number of carbonyl (C=O) groups is 1. The predicted octanol–water partition coefficient (Wildman–Crippen LogP) is 14.5. The Morgan fingerprint density at radius 1 is 0.430 bits per heavy atom. The molecule has 2 fully saturated rings. The molecule has 0 spiro atoms. The normalized spacial score (nSPS) is 23.7. The third kappa shape index (κ3) is 40.4. The second-order valence-electron chi connectivity index (χ2n) is 25.0. The van der Waals surface area contributed by atoms with E-state index < -0.39 is 86.8 Å². The lowest BCUT2D eigenvalue weighted by molar-refractivity contribution is -0.359. The second-order valence-corrected chi connectivity index (χ2v) is 25.0. The SMILES string of the molecule is CC/C=C\C/C=C\C/C=C\C/C=C\CCCCCCCCCCCCCCCCC(=O)NC(COC1OC(CO)C(OC2OC(CO)C(O)C(O)C2O)C(O)C1O)C(O)/C=C/CCCCCCCCCCCCCCCCCCCCCCCCC. The minimum absolute atomic E-state index is 0.238. The molecule has 0 radical (unpaired) electrons. The van der Waals surface area contributed by atoms with Gasteiger partial charge in [0.2, 0.25) is 5.91 Å². The summed E-state index contributed by atoms with van der Waals surface area (Å²) >= 11 is 0. The zero-order valence-corrected chi connectivity index (χ0v) is 54.6. The van der Waals surface area contributed by atoms with Gasteiger partial charge < -0.3 is 65.1 Å². The van der Waals surface area contributed by atoms with Crippen molar-refractivity contribution in [1.82, 2.24) is 5.32 Å². The van der Waals surface area contributed by atoms with Crippen molar-refractivity contribution in [2.45, 2.75) is 370 Å². The lowest BCUT2D eigenvalue weighted by Crippen LogP contribution is -2.65. The molecule has 502 valence electrons. The average molecular weight is 1220 g/mol. The number of aliphatic hydroxyl groups is 8. The van der Waals surface area contributed by atoms with Gasteiger partial charge >= 0.3 is 0 Å². The minimum atomic E-state index is -1.79. The Bertz CT molecular complexity index is 1670. The minimum Gasteiger partial charge on any atom is -0.394 e. The fourth-order valence-corrected chi connectivity index (χ4v) is 11.6. The van der Waals surface area contributed by atoms with Gasteiger partial charge in [0.05, 0.1) is 32.0 Å². The Balaban J connectivity index is 1.68. The molecule has 12 atom stereocenters. The molecule has 0 bridgehead atoms. The van der Waals surface area contributed by atoms with Crippen molar-refractivity contribution in [3.63, 3.8) is 0 Å². The van der Waals surface area contributed by atoms with Gasteiger partial charge in [0, 0.05) is 6.42 Å². The first-order chi connectivity index (χ1) is 42.1. The molecule has 0 aromatic rings. The molecule has 12 unspecified atom stereocenters. The first-order valence-electron chi connectivity index (χ1n) is 35.5. The molecular formula is C72H131NO13.